The van der Waals surface area contributed by atoms with Gasteiger partial charge in [0.05, 0.1) is 0 Å². The monoisotopic (exact) mass is 288 g/mol. The second kappa shape index (κ2) is 7.93. The third-order valence-electron chi connectivity index (χ3n) is 3.97. The lowest BCUT2D eigenvalue weighted by Crippen LogP contribution is -2.44. The average molecular weight is 288 g/mol. The maximum atomic E-state index is 12.0. The summed E-state index contributed by atoms with van der Waals surface area (Å²) in [6.07, 6.45) is 3.52. The summed E-state index contributed by atoms with van der Waals surface area (Å²) < 4.78 is 0. The first-order valence-corrected chi connectivity index (χ1v) is 7.73. The fourth-order valence-corrected chi connectivity index (χ4v) is 2.82. The predicted octanol–water partition coefficient (Wildman–Crippen LogP) is 2.25. The van der Waals surface area contributed by atoms with E-state index in [9.17, 15) is 9.59 Å². The Balaban J connectivity index is 1.64. The number of nitrogens with one attached hydrogen (secondary N) is 1. The van der Waals surface area contributed by atoms with E-state index in [-0.39, 0.29) is 11.7 Å². The second-order valence-corrected chi connectivity index (χ2v) is 5.71. The van der Waals surface area contributed by atoms with Crippen molar-refractivity contribution in [1.82, 2.24) is 10.2 Å². The van der Waals surface area contributed by atoms with Crippen LogP contribution in [0.2, 0.25) is 0 Å². The summed E-state index contributed by atoms with van der Waals surface area (Å²) in [4.78, 5) is 25.4. The predicted molar refractivity (Wildman–Crippen MR) is 83.3 cm³/mol. The van der Waals surface area contributed by atoms with Crippen molar-refractivity contribution < 1.29 is 9.59 Å². The van der Waals surface area contributed by atoms with E-state index in [1.54, 1.807) is 6.92 Å². The topological polar surface area (TPSA) is 49.4 Å². The van der Waals surface area contributed by atoms with Crippen LogP contribution in [0.4, 0.5) is 0 Å². The molecule has 0 spiro atoms. The number of hydrogen-bond donors (Lipinski definition) is 1. The molecule has 0 radical (unpaired) electrons. The molecule has 1 amide bonds. The minimum atomic E-state index is 0.0573. The first-order chi connectivity index (χ1) is 10.1. The summed E-state index contributed by atoms with van der Waals surface area (Å²) in [7, 11) is 0. The Morgan fingerprint density at radius 2 is 1.86 bits per heavy atom. The molecule has 1 aliphatic heterocycles. The van der Waals surface area contributed by atoms with Gasteiger partial charge < -0.3 is 10.2 Å². The van der Waals surface area contributed by atoms with Gasteiger partial charge in [0.25, 0.3) is 0 Å². The fraction of sp³-hybridized carbons (Fsp3) is 0.529. The van der Waals surface area contributed by atoms with Crippen molar-refractivity contribution in [3.8, 4) is 0 Å². The van der Waals surface area contributed by atoms with Crippen molar-refractivity contribution in [2.75, 3.05) is 19.6 Å². The average Bonchev–Trinajstić information content (AvgIpc) is 2.49. The number of hydrogen-bond acceptors (Lipinski definition) is 3. The first kappa shape index (κ1) is 15.7. The van der Waals surface area contributed by atoms with Crippen LogP contribution in [0.3, 0.4) is 0 Å². The summed E-state index contributed by atoms with van der Waals surface area (Å²) >= 11 is 0. The lowest BCUT2D eigenvalue weighted by molar-refractivity contribution is -0.119. The van der Waals surface area contributed by atoms with Gasteiger partial charge in [-0.15, -0.1) is 0 Å². The van der Waals surface area contributed by atoms with E-state index in [1.807, 2.05) is 30.3 Å². The maximum Gasteiger partial charge on any atom is 0.217 e. The van der Waals surface area contributed by atoms with Gasteiger partial charge in [-0.2, -0.15) is 0 Å². The molecule has 0 bridgehead atoms. The van der Waals surface area contributed by atoms with Gasteiger partial charge in [-0.1, -0.05) is 30.3 Å². The molecule has 1 heterocycles. The number of piperidine rings is 1. The summed E-state index contributed by atoms with van der Waals surface area (Å²) in [6, 6.07) is 9.81. The minimum absolute atomic E-state index is 0.0573. The van der Waals surface area contributed by atoms with Crippen LogP contribution in [0.15, 0.2) is 30.3 Å². The molecule has 2 rings (SSSR count). The molecule has 1 fully saturated rings. The number of nitrogens with zero attached hydrogens (tertiary/aromatic N) is 1. The van der Waals surface area contributed by atoms with Crippen LogP contribution in [0.25, 0.3) is 0 Å². The first-order valence-electron chi connectivity index (χ1n) is 7.73. The number of benzene rings is 1. The molecule has 1 aliphatic rings. The summed E-state index contributed by atoms with van der Waals surface area (Å²) in [6.45, 7) is 4.54. The maximum absolute atomic E-state index is 12.0. The molecule has 0 saturated carbocycles. The highest BCUT2D eigenvalue weighted by Gasteiger charge is 2.19. The fourth-order valence-electron chi connectivity index (χ4n) is 2.82. The Morgan fingerprint density at radius 3 is 2.48 bits per heavy atom. The van der Waals surface area contributed by atoms with E-state index in [2.05, 4.69) is 10.2 Å². The Morgan fingerprint density at radius 1 is 1.19 bits per heavy atom. The zero-order valence-electron chi connectivity index (χ0n) is 12.7. The molecule has 0 aromatic heterocycles. The molecule has 1 N–H and O–H groups in total. The smallest absolute Gasteiger partial charge is 0.217 e. The number of ketones is 1. The highest BCUT2D eigenvalue weighted by molar-refractivity contribution is 5.95. The lowest BCUT2D eigenvalue weighted by Gasteiger charge is -2.32. The summed E-state index contributed by atoms with van der Waals surface area (Å²) in [5.41, 5.74) is 0.807. The van der Waals surface area contributed by atoms with Gasteiger partial charge in [-0.05, 0) is 25.8 Å². The Kier molecular flexibility index (Phi) is 5.93. The molecule has 0 unspecified atom stereocenters. The third-order valence-corrected chi connectivity index (χ3v) is 3.97. The van der Waals surface area contributed by atoms with Crippen LogP contribution >= 0.6 is 0 Å². The quantitative estimate of drug-likeness (QED) is 0.817. The van der Waals surface area contributed by atoms with Crippen molar-refractivity contribution in [3.63, 3.8) is 0 Å². The molecule has 4 heteroatoms. The van der Waals surface area contributed by atoms with Crippen molar-refractivity contribution in [2.24, 2.45) is 0 Å². The van der Waals surface area contributed by atoms with Crippen molar-refractivity contribution in [1.29, 1.82) is 0 Å². The summed E-state index contributed by atoms with van der Waals surface area (Å²) in [5, 5.41) is 2.98. The van der Waals surface area contributed by atoms with Crippen molar-refractivity contribution in [3.05, 3.63) is 35.9 Å². The van der Waals surface area contributed by atoms with Crippen LogP contribution in [0.1, 0.15) is 43.0 Å². The van der Waals surface area contributed by atoms with E-state index in [0.29, 0.717) is 12.5 Å². The van der Waals surface area contributed by atoms with Gasteiger partial charge in [0.15, 0.2) is 5.78 Å². The van der Waals surface area contributed by atoms with Gasteiger partial charge in [0.2, 0.25) is 5.91 Å². The van der Waals surface area contributed by atoms with Crippen molar-refractivity contribution >= 4 is 11.7 Å². The third kappa shape index (κ3) is 5.31. The van der Waals surface area contributed by atoms with E-state index in [1.165, 1.54) is 0 Å². The number of likely N-dealkylation sites (tertiary alicyclic amines) is 1. The highest BCUT2D eigenvalue weighted by Crippen LogP contribution is 2.12. The highest BCUT2D eigenvalue weighted by atomic mass is 16.1. The molecule has 0 atom stereocenters. The lowest BCUT2D eigenvalue weighted by atomic mass is 10.0. The molecule has 114 valence electrons. The van der Waals surface area contributed by atoms with Crippen LogP contribution in [0, 0.1) is 0 Å². The molecular formula is C17H24N2O2. The van der Waals surface area contributed by atoms with Crippen LogP contribution in [-0.4, -0.2) is 42.3 Å². The van der Waals surface area contributed by atoms with E-state index < -0.39 is 0 Å². The van der Waals surface area contributed by atoms with Crippen LogP contribution < -0.4 is 5.32 Å². The summed E-state index contributed by atoms with van der Waals surface area (Å²) in [5.74, 6) is 0.283. The van der Waals surface area contributed by atoms with Gasteiger partial charge in [0, 0.05) is 38.0 Å². The standard InChI is InChI=1S/C17H24N2O2/c1-14(20)18-16-9-12-19(13-10-16)11-5-8-17(21)15-6-3-2-4-7-15/h2-4,6-7,16H,5,8-13H2,1H3,(H,18,20). The van der Waals surface area contributed by atoms with Gasteiger partial charge in [-0.3, -0.25) is 9.59 Å². The zero-order chi connectivity index (χ0) is 15.1. The van der Waals surface area contributed by atoms with Gasteiger partial charge in [-0.25, -0.2) is 0 Å². The number of carbonyl (C=O) groups excluding carboxylic acids is 2. The number of carbonyl (C=O) groups is 2. The SMILES string of the molecule is CC(=O)NC1CCN(CCCC(=O)c2ccccc2)CC1. The molecule has 1 aromatic carbocycles. The molecular weight excluding hydrogens is 264 g/mol. The number of Topliss-reactive ketones (excluding diaryl/α,β-unsaturated/α-hetero) is 1. The Hall–Kier alpha value is -1.68. The molecule has 0 aliphatic carbocycles. The zero-order valence-corrected chi connectivity index (χ0v) is 12.7. The van der Waals surface area contributed by atoms with E-state index in [4.69, 9.17) is 0 Å². The normalized spacial score (nSPS) is 16.6. The van der Waals surface area contributed by atoms with Gasteiger partial charge >= 0.3 is 0 Å². The Bertz CT molecular complexity index is 465. The van der Waals surface area contributed by atoms with Crippen LogP contribution in [-0.2, 0) is 4.79 Å². The minimum Gasteiger partial charge on any atom is -0.354 e. The number of amides is 1. The second-order valence-electron chi connectivity index (χ2n) is 5.71. The molecule has 21 heavy (non-hydrogen) atoms. The molecule has 4 nitrogen and oxygen atoms in total. The van der Waals surface area contributed by atoms with E-state index >= 15 is 0 Å². The molecule has 1 aromatic rings. The Labute approximate surface area is 126 Å². The largest absolute Gasteiger partial charge is 0.354 e. The molecule has 1 saturated heterocycles. The van der Waals surface area contributed by atoms with Gasteiger partial charge in [0.1, 0.15) is 0 Å². The van der Waals surface area contributed by atoms with E-state index in [0.717, 1.165) is 44.5 Å². The van der Waals surface area contributed by atoms with Crippen LogP contribution in [0.5, 0.6) is 0 Å². The van der Waals surface area contributed by atoms with Crippen molar-refractivity contribution in [2.45, 2.75) is 38.6 Å². The number of rotatable bonds is 6.